The van der Waals surface area contributed by atoms with Crippen LogP contribution in [0.3, 0.4) is 0 Å². The van der Waals surface area contributed by atoms with E-state index in [0.29, 0.717) is 12.5 Å². The van der Waals surface area contributed by atoms with E-state index in [4.69, 9.17) is 16.4 Å². The van der Waals surface area contributed by atoms with Crippen molar-refractivity contribution in [1.29, 1.82) is 0 Å². The summed E-state index contributed by atoms with van der Waals surface area (Å²) in [4.78, 5) is 7.60. The molecule has 0 saturated heterocycles. The first-order valence-corrected chi connectivity index (χ1v) is 7.66. The molecule has 1 aromatic carbocycles. The summed E-state index contributed by atoms with van der Waals surface area (Å²) in [6, 6.07) is 7.71. The first-order chi connectivity index (χ1) is 10.0. The molecule has 0 aliphatic heterocycles. The lowest BCUT2D eigenvalue weighted by Gasteiger charge is -2.15. The zero-order valence-electron chi connectivity index (χ0n) is 13.3. The van der Waals surface area contributed by atoms with E-state index < -0.39 is 0 Å². The molecule has 0 spiro atoms. The average Bonchev–Trinajstić information content (AvgIpc) is 2.43. The summed E-state index contributed by atoms with van der Waals surface area (Å²) in [5, 5.41) is 4.95. The Hall–Kier alpha value is -1.32. The van der Waals surface area contributed by atoms with E-state index in [1.54, 1.807) is 0 Å². The highest BCUT2D eigenvalue weighted by Crippen LogP contribution is 2.11. The van der Waals surface area contributed by atoms with Gasteiger partial charge in [0.15, 0.2) is 0 Å². The lowest BCUT2D eigenvalue weighted by atomic mass is 10.2. The van der Waals surface area contributed by atoms with Crippen LogP contribution in [0.25, 0.3) is 6.08 Å². The van der Waals surface area contributed by atoms with Crippen molar-refractivity contribution in [2.24, 2.45) is 11.1 Å². The van der Waals surface area contributed by atoms with Gasteiger partial charge in [-0.1, -0.05) is 48.8 Å². The SMILES string of the molecule is CCC(/C=C/c1ccc(Cl)cc1)=N\OC[C@H](C)CN(C)C. The summed E-state index contributed by atoms with van der Waals surface area (Å²) in [6.07, 6.45) is 4.84. The summed E-state index contributed by atoms with van der Waals surface area (Å²) in [7, 11) is 4.12. The van der Waals surface area contributed by atoms with Crippen LogP contribution in [-0.4, -0.2) is 37.9 Å². The van der Waals surface area contributed by atoms with Gasteiger partial charge in [-0.25, -0.2) is 0 Å². The molecule has 0 N–H and O–H groups in total. The smallest absolute Gasteiger partial charge is 0.120 e. The quantitative estimate of drug-likeness (QED) is 0.527. The van der Waals surface area contributed by atoms with Crippen LogP contribution in [0.2, 0.25) is 5.02 Å². The Morgan fingerprint density at radius 2 is 2.00 bits per heavy atom. The van der Waals surface area contributed by atoms with Crippen molar-refractivity contribution in [3.63, 3.8) is 0 Å². The van der Waals surface area contributed by atoms with Crippen LogP contribution in [0.15, 0.2) is 35.5 Å². The molecule has 116 valence electrons. The van der Waals surface area contributed by atoms with Crippen LogP contribution in [0.5, 0.6) is 0 Å². The van der Waals surface area contributed by atoms with E-state index in [-0.39, 0.29) is 0 Å². The van der Waals surface area contributed by atoms with Crippen LogP contribution in [0, 0.1) is 5.92 Å². The third kappa shape index (κ3) is 7.88. The number of hydrogen-bond donors (Lipinski definition) is 0. The normalized spacial score (nSPS) is 13.9. The number of benzene rings is 1. The molecule has 0 amide bonds. The summed E-state index contributed by atoms with van der Waals surface area (Å²) >= 11 is 5.86. The molecule has 1 rings (SSSR count). The van der Waals surface area contributed by atoms with Crippen LogP contribution in [0.1, 0.15) is 25.8 Å². The molecule has 1 aromatic rings. The van der Waals surface area contributed by atoms with Crippen LogP contribution in [0.4, 0.5) is 0 Å². The second-order valence-electron chi connectivity index (χ2n) is 5.48. The van der Waals surface area contributed by atoms with E-state index in [0.717, 1.165) is 29.3 Å². The predicted octanol–water partition coefficient (Wildman–Crippen LogP) is 4.33. The number of oxime groups is 1. The summed E-state index contributed by atoms with van der Waals surface area (Å²) < 4.78 is 0. The molecule has 1 atom stereocenters. The van der Waals surface area contributed by atoms with Crippen molar-refractivity contribution < 1.29 is 4.84 Å². The lowest BCUT2D eigenvalue weighted by Crippen LogP contribution is -2.22. The molecule has 0 bridgehead atoms. The molecule has 0 aliphatic rings. The van der Waals surface area contributed by atoms with Crippen LogP contribution in [-0.2, 0) is 4.84 Å². The van der Waals surface area contributed by atoms with Crippen molar-refractivity contribution in [3.05, 3.63) is 40.9 Å². The zero-order valence-corrected chi connectivity index (χ0v) is 14.1. The van der Waals surface area contributed by atoms with Crippen molar-refractivity contribution in [2.75, 3.05) is 27.2 Å². The third-order valence-corrected chi connectivity index (χ3v) is 3.17. The maximum Gasteiger partial charge on any atom is 0.120 e. The van der Waals surface area contributed by atoms with E-state index in [1.807, 2.05) is 36.4 Å². The maximum atomic E-state index is 5.86. The van der Waals surface area contributed by atoms with Gasteiger partial charge in [0, 0.05) is 17.5 Å². The molecule has 21 heavy (non-hydrogen) atoms. The van der Waals surface area contributed by atoms with Gasteiger partial charge in [0.25, 0.3) is 0 Å². The van der Waals surface area contributed by atoms with Gasteiger partial charge in [0.1, 0.15) is 6.61 Å². The van der Waals surface area contributed by atoms with E-state index in [9.17, 15) is 0 Å². The number of nitrogens with zero attached hydrogens (tertiary/aromatic N) is 2. The zero-order chi connectivity index (χ0) is 15.7. The Labute approximate surface area is 133 Å². The van der Waals surface area contributed by atoms with E-state index in [2.05, 4.69) is 38.0 Å². The second-order valence-corrected chi connectivity index (χ2v) is 5.92. The molecule has 0 aliphatic carbocycles. The first kappa shape index (κ1) is 17.7. The summed E-state index contributed by atoms with van der Waals surface area (Å²) in [5.74, 6) is 0.460. The van der Waals surface area contributed by atoms with Crippen molar-refractivity contribution in [1.82, 2.24) is 4.90 Å². The Morgan fingerprint density at radius 1 is 1.33 bits per heavy atom. The Balaban J connectivity index is 2.50. The minimum atomic E-state index is 0.460. The lowest BCUT2D eigenvalue weighted by molar-refractivity contribution is 0.102. The first-order valence-electron chi connectivity index (χ1n) is 7.28. The number of hydrogen-bond acceptors (Lipinski definition) is 3. The minimum Gasteiger partial charge on any atom is -0.395 e. The van der Waals surface area contributed by atoms with Gasteiger partial charge in [0.05, 0.1) is 5.71 Å². The highest BCUT2D eigenvalue weighted by molar-refractivity contribution is 6.30. The van der Waals surface area contributed by atoms with Gasteiger partial charge in [-0.05, 0) is 44.3 Å². The molecule has 0 saturated carbocycles. The number of rotatable bonds is 8. The largest absolute Gasteiger partial charge is 0.395 e. The van der Waals surface area contributed by atoms with E-state index in [1.165, 1.54) is 0 Å². The second kappa shape index (κ2) is 9.59. The fourth-order valence-corrected chi connectivity index (χ4v) is 2.03. The average molecular weight is 309 g/mol. The monoisotopic (exact) mass is 308 g/mol. The van der Waals surface area contributed by atoms with Crippen molar-refractivity contribution in [3.8, 4) is 0 Å². The van der Waals surface area contributed by atoms with Crippen LogP contribution < -0.4 is 0 Å². The molecule has 4 heteroatoms. The molecule has 3 nitrogen and oxygen atoms in total. The topological polar surface area (TPSA) is 24.8 Å². The summed E-state index contributed by atoms with van der Waals surface area (Å²) in [5.41, 5.74) is 2.03. The van der Waals surface area contributed by atoms with Crippen molar-refractivity contribution in [2.45, 2.75) is 20.3 Å². The summed E-state index contributed by atoms with van der Waals surface area (Å²) in [6.45, 7) is 5.86. The minimum absolute atomic E-state index is 0.460. The Bertz CT molecular complexity index is 466. The molecule has 0 radical (unpaired) electrons. The Kier molecular flexibility index (Phi) is 8.09. The molecule has 0 aromatic heterocycles. The van der Waals surface area contributed by atoms with Gasteiger partial charge in [-0.2, -0.15) is 0 Å². The number of halogens is 1. The van der Waals surface area contributed by atoms with Gasteiger partial charge >= 0.3 is 0 Å². The highest BCUT2D eigenvalue weighted by Gasteiger charge is 2.03. The maximum absolute atomic E-state index is 5.86. The van der Waals surface area contributed by atoms with Gasteiger partial charge < -0.3 is 9.74 Å². The van der Waals surface area contributed by atoms with Crippen molar-refractivity contribution >= 4 is 23.4 Å². The highest BCUT2D eigenvalue weighted by atomic mass is 35.5. The fourth-order valence-electron chi connectivity index (χ4n) is 1.90. The standard InChI is InChI=1S/C17H25ClN2O/c1-5-17(19-21-13-14(2)12-20(3)4)11-8-15-6-9-16(18)10-7-15/h6-11,14H,5,12-13H2,1-4H3/b11-8+,19-17+/t14-/m1/s1. The van der Waals surface area contributed by atoms with Gasteiger partial charge in [-0.15, -0.1) is 0 Å². The fraction of sp³-hybridized carbons (Fsp3) is 0.471. The molecular formula is C17H25ClN2O. The number of allylic oxidation sites excluding steroid dienone is 1. The Morgan fingerprint density at radius 3 is 2.57 bits per heavy atom. The van der Waals surface area contributed by atoms with Gasteiger partial charge in [0.2, 0.25) is 0 Å². The molecule has 0 fully saturated rings. The van der Waals surface area contributed by atoms with E-state index >= 15 is 0 Å². The predicted molar refractivity (Wildman–Crippen MR) is 91.9 cm³/mol. The molecule has 0 unspecified atom stereocenters. The van der Waals surface area contributed by atoms with Gasteiger partial charge in [-0.3, -0.25) is 0 Å². The molecular weight excluding hydrogens is 284 g/mol. The molecule has 0 heterocycles. The van der Waals surface area contributed by atoms with Crippen LogP contribution >= 0.6 is 11.6 Å². The third-order valence-electron chi connectivity index (χ3n) is 2.92.